The van der Waals surface area contributed by atoms with Gasteiger partial charge in [0, 0.05) is 6.92 Å². The molecular weight excluding hydrogens is 174 g/mol. The van der Waals surface area contributed by atoms with Gasteiger partial charge in [-0.05, 0) is 13.8 Å². The molecule has 0 aliphatic heterocycles. The molecule has 1 rings (SSSR count). The molecule has 1 aromatic rings. The molecule has 0 bridgehead atoms. The summed E-state index contributed by atoms with van der Waals surface area (Å²) in [5.74, 6) is -0.325. The van der Waals surface area contributed by atoms with Gasteiger partial charge in [-0.1, -0.05) is 0 Å². The monoisotopic (exact) mass is 183 g/mol. The van der Waals surface area contributed by atoms with Crippen LogP contribution in [0.2, 0.25) is 0 Å². The van der Waals surface area contributed by atoms with Crippen LogP contribution in [0.5, 0.6) is 0 Å². The molecule has 1 aromatic heterocycles. The third-order valence-electron chi connectivity index (χ3n) is 1.73. The molecule has 0 radical (unpaired) electrons. The number of hydrogen-bond donors (Lipinski definition) is 0. The van der Waals surface area contributed by atoms with Gasteiger partial charge in [0.25, 0.3) is 0 Å². The molecule has 0 saturated heterocycles. The van der Waals surface area contributed by atoms with Gasteiger partial charge in [-0.2, -0.15) is 9.78 Å². The fourth-order valence-corrected chi connectivity index (χ4v) is 1.21. The van der Waals surface area contributed by atoms with Crippen LogP contribution in [0, 0.1) is 24.0 Å². The van der Waals surface area contributed by atoms with Crippen LogP contribution in [0.15, 0.2) is 0 Å². The summed E-state index contributed by atoms with van der Waals surface area (Å²) in [5.41, 5.74) is 0.447. The first-order chi connectivity index (χ1) is 5.95. The summed E-state index contributed by atoms with van der Waals surface area (Å²) in [7, 11) is 0. The fourth-order valence-electron chi connectivity index (χ4n) is 1.21. The van der Waals surface area contributed by atoms with Crippen molar-refractivity contribution in [3.05, 3.63) is 21.5 Å². The Balaban J connectivity index is 3.39. The Labute approximate surface area is 74.3 Å². The van der Waals surface area contributed by atoms with E-state index in [4.69, 9.17) is 0 Å². The number of aromatic nitrogens is 2. The van der Waals surface area contributed by atoms with Gasteiger partial charge < -0.3 is 0 Å². The van der Waals surface area contributed by atoms with Crippen LogP contribution in [0.3, 0.4) is 0 Å². The van der Waals surface area contributed by atoms with Crippen molar-refractivity contribution in [1.82, 2.24) is 9.78 Å². The Morgan fingerprint density at radius 1 is 1.54 bits per heavy atom. The second-order valence-electron chi connectivity index (χ2n) is 2.71. The highest BCUT2D eigenvalue weighted by Gasteiger charge is 2.22. The average molecular weight is 183 g/mol. The zero-order valence-electron chi connectivity index (χ0n) is 7.57. The van der Waals surface area contributed by atoms with E-state index in [1.54, 1.807) is 0 Å². The first-order valence-electron chi connectivity index (χ1n) is 3.66. The summed E-state index contributed by atoms with van der Waals surface area (Å²) < 4.78 is 1.04. The van der Waals surface area contributed by atoms with Gasteiger partial charge in [0.05, 0.1) is 4.92 Å². The first kappa shape index (κ1) is 9.37. The highest BCUT2D eigenvalue weighted by Crippen LogP contribution is 2.21. The Morgan fingerprint density at radius 3 is 2.31 bits per heavy atom. The van der Waals surface area contributed by atoms with Crippen molar-refractivity contribution in [1.29, 1.82) is 0 Å². The minimum Gasteiger partial charge on any atom is -0.273 e. The third-order valence-corrected chi connectivity index (χ3v) is 1.73. The topological polar surface area (TPSA) is 78.0 Å². The molecule has 0 aromatic carbocycles. The fraction of sp³-hybridized carbons (Fsp3) is 0.429. The van der Waals surface area contributed by atoms with Gasteiger partial charge in [0.1, 0.15) is 11.4 Å². The van der Waals surface area contributed by atoms with E-state index in [1.807, 2.05) is 0 Å². The van der Waals surface area contributed by atoms with E-state index in [0.29, 0.717) is 0 Å². The zero-order chi connectivity index (χ0) is 10.2. The standard InChI is InChI=1S/C7H9N3O3/c1-4-7(10(12)13)5(2)9(8-4)6(3)11/h1-3H3. The van der Waals surface area contributed by atoms with Crippen molar-refractivity contribution in [2.45, 2.75) is 20.8 Å². The number of hydrogen-bond acceptors (Lipinski definition) is 4. The van der Waals surface area contributed by atoms with E-state index in [-0.39, 0.29) is 23.0 Å². The van der Waals surface area contributed by atoms with Crippen molar-refractivity contribution in [2.75, 3.05) is 0 Å². The van der Waals surface area contributed by atoms with Gasteiger partial charge in [0.15, 0.2) is 0 Å². The second kappa shape index (κ2) is 2.96. The molecule has 0 unspecified atom stereocenters. The minimum absolute atomic E-state index is 0.0878. The molecular formula is C7H9N3O3. The summed E-state index contributed by atoms with van der Waals surface area (Å²) in [5, 5.41) is 14.3. The summed E-state index contributed by atoms with van der Waals surface area (Å²) >= 11 is 0. The lowest BCUT2D eigenvalue weighted by molar-refractivity contribution is -0.386. The number of aryl methyl sites for hydroxylation is 1. The molecule has 0 N–H and O–H groups in total. The van der Waals surface area contributed by atoms with Crippen LogP contribution in [0.1, 0.15) is 23.1 Å². The van der Waals surface area contributed by atoms with E-state index < -0.39 is 4.92 Å². The van der Waals surface area contributed by atoms with E-state index in [0.717, 1.165) is 4.68 Å². The molecule has 13 heavy (non-hydrogen) atoms. The van der Waals surface area contributed by atoms with Crippen LogP contribution in [-0.4, -0.2) is 20.6 Å². The summed E-state index contributed by atoms with van der Waals surface area (Å²) in [6, 6.07) is 0. The normalized spacial score (nSPS) is 10.1. The number of carbonyl (C=O) groups is 1. The predicted molar refractivity (Wildman–Crippen MR) is 44.7 cm³/mol. The molecule has 0 spiro atoms. The largest absolute Gasteiger partial charge is 0.313 e. The van der Waals surface area contributed by atoms with Crippen molar-refractivity contribution >= 4 is 11.6 Å². The highest BCUT2D eigenvalue weighted by molar-refractivity contribution is 5.77. The summed E-state index contributed by atoms with van der Waals surface area (Å²) in [6.07, 6.45) is 0. The molecule has 0 amide bonds. The van der Waals surface area contributed by atoms with Crippen LogP contribution in [-0.2, 0) is 0 Å². The smallest absolute Gasteiger partial charge is 0.273 e. The number of nitro groups is 1. The molecule has 6 nitrogen and oxygen atoms in total. The number of rotatable bonds is 1. The average Bonchev–Trinajstić information content (AvgIpc) is 2.26. The maximum Gasteiger partial charge on any atom is 0.313 e. The van der Waals surface area contributed by atoms with Crippen molar-refractivity contribution in [3.8, 4) is 0 Å². The van der Waals surface area contributed by atoms with Crippen LogP contribution in [0.4, 0.5) is 5.69 Å². The highest BCUT2D eigenvalue weighted by atomic mass is 16.6. The van der Waals surface area contributed by atoms with Crippen molar-refractivity contribution < 1.29 is 9.72 Å². The number of nitrogens with zero attached hydrogens (tertiary/aromatic N) is 3. The minimum atomic E-state index is -0.531. The quantitative estimate of drug-likeness (QED) is 0.481. The summed E-state index contributed by atoms with van der Waals surface area (Å²) in [4.78, 5) is 20.9. The van der Waals surface area contributed by atoms with E-state index in [1.165, 1.54) is 20.8 Å². The Kier molecular flexibility index (Phi) is 2.14. The lowest BCUT2D eigenvalue weighted by Gasteiger charge is -1.94. The molecule has 0 atom stereocenters. The molecule has 0 saturated carbocycles. The molecule has 1 heterocycles. The molecule has 6 heteroatoms. The third kappa shape index (κ3) is 1.42. The molecule has 70 valence electrons. The lowest BCUT2D eigenvalue weighted by atomic mass is 10.3. The Hall–Kier alpha value is -1.72. The Bertz CT molecular complexity index is 381. The van der Waals surface area contributed by atoms with Crippen LogP contribution < -0.4 is 0 Å². The van der Waals surface area contributed by atoms with E-state index in [2.05, 4.69) is 5.10 Å². The van der Waals surface area contributed by atoms with Gasteiger partial charge in [-0.3, -0.25) is 14.9 Å². The lowest BCUT2D eigenvalue weighted by Crippen LogP contribution is -2.09. The first-order valence-corrected chi connectivity index (χ1v) is 3.66. The molecule has 0 aliphatic carbocycles. The van der Waals surface area contributed by atoms with Crippen molar-refractivity contribution in [3.63, 3.8) is 0 Å². The van der Waals surface area contributed by atoms with Crippen LogP contribution >= 0.6 is 0 Å². The maximum absolute atomic E-state index is 10.9. The van der Waals surface area contributed by atoms with Crippen LogP contribution in [0.25, 0.3) is 0 Å². The van der Waals surface area contributed by atoms with Gasteiger partial charge >= 0.3 is 5.69 Å². The van der Waals surface area contributed by atoms with Crippen molar-refractivity contribution in [2.24, 2.45) is 0 Å². The van der Waals surface area contributed by atoms with E-state index >= 15 is 0 Å². The Morgan fingerprint density at radius 2 is 2.08 bits per heavy atom. The van der Waals surface area contributed by atoms with Gasteiger partial charge in [-0.25, -0.2) is 0 Å². The molecule has 0 aliphatic rings. The number of carbonyl (C=O) groups excluding carboxylic acids is 1. The second-order valence-corrected chi connectivity index (χ2v) is 2.71. The molecule has 0 fully saturated rings. The summed E-state index contributed by atoms with van der Waals surface area (Å²) in [6.45, 7) is 4.31. The van der Waals surface area contributed by atoms with Gasteiger partial charge in [0.2, 0.25) is 5.91 Å². The van der Waals surface area contributed by atoms with E-state index in [9.17, 15) is 14.9 Å². The van der Waals surface area contributed by atoms with Gasteiger partial charge in [-0.15, -0.1) is 0 Å². The zero-order valence-corrected chi connectivity index (χ0v) is 7.57. The maximum atomic E-state index is 10.9. The predicted octanol–water partition coefficient (Wildman–Crippen LogP) is 1.07. The SMILES string of the molecule is CC(=O)n1nc(C)c([N+](=O)[O-])c1C.